The van der Waals surface area contributed by atoms with Crippen LogP contribution in [0.4, 0.5) is 0 Å². The van der Waals surface area contributed by atoms with E-state index >= 15 is 0 Å². The van der Waals surface area contributed by atoms with E-state index in [1.54, 1.807) is 24.3 Å². The smallest absolute Gasteiger partial charge is 0.147 e. The zero-order valence-electron chi connectivity index (χ0n) is 11.9. The maximum Gasteiger partial charge on any atom is 0.147 e. The molecule has 0 heterocycles. The summed E-state index contributed by atoms with van der Waals surface area (Å²) in [6.07, 6.45) is 1.01. The van der Waals surface area contributed by atoms with Gasteiger partial charge in [-0.25, -0.2) is 8.42 Å². The summed E-state index contributed by atoms with van der Waals surface area (Å²) in [4.78, 5) is 0. The molecule has 7 heteroatoms. The molecule has 0 aliphatic carbocycles. The Kier molecular flexibility index (Phi) is 7.15. The number of sulfone groups is 1. The molecule has 0 bridgehead atoms. The van der Waals surface area contributed by atoms with Crippen molar-refractivity contribution in [2.45, 2.75) is 12.5 Å². The van der Waals surface area contributed by atoms with E-state index in [0.29, 0.717) is 30.8 Å². The minimum absolute atomic E-state index is 0.105. The SMILES string of the molecule is CS(=O)(=O)CCCNCC(O)COc1cccc(C#N)c1. The second-order valence-electron chi connectivity index (χ2n) is 4.79. The Labute approximate surface area is 125 Å². The molecular formula is C14H20N2O4S. The third-order valence-corrected chi connectivity index (χ3v) is 3.68. The van der Waals surface area contributed by atoms with Gasteiger partial charge in [-0.05, 0) is 31.2 Å². The second kappa shape index (κ2) is 8.62. The predicted octanol–water partition coefficient (Wildman–Crippen LogP) is 0.322. The molecule has 1 unspecified atom stereocenters. The molecule has 0 saturated heterocycles. The molecule has 0 spiro atoms. The highest BCUT2D eigenvalue weighted by atomic mass is 32.2. The predicted molar refractivity (Wildman–Crippen MR) is 79.9 cm³/mol. The van der Waals surface area contributed by atoms with Crippen LogP contribution in [0.3, 0.4) is 0 Å². The molecule has 0 aromatic heterocycles. The normalized spacial score (nSPS) is 12.6. The van der Waals surface area contributed by atoms with Crippen LogP contribution < -0.4 is 10.1 Å². The van der Waals surface area contributed by atoms with E-state index in [0.717, 1.165) is 0 Å². The summed E-state index contributed by atoms with van der Waals surface area (Å²) in [5.74, 6) is 0.665. The minimum atomic E-state index is -2.93. The highest BCUT2D eigenvalue weighted by Gasteiger charge is 2.06. The van der Waals surface area contributed by atoms with Crippen molar-refractivity contribution in [3.8, 4) is 11.8 Å². The number of rotatable bonds is 9. The van der Waals surface area contributed by atoms with Crippen LogP contribution in [0, 0.1) is 11.3 Å². The number of benzene rings is 1. The van der Waals surface area contributed by atoms with Gasteiger partial charge < -0.3 is 15.2 Å². The number of nitrogens with one attached hydrogen (secondary N) is 1. The minimum Gasteiger partial charge on any atom is -0.491 e. The number of nitrogens with zero attached hydrogens (tertiary/aromatic N) is 1. The molecule has 0 fully saturated rings. The van der Waals surface area contributed by atoms with Crippen LogP contribution in [0.1, 0.15) is 12.0 Å². The first kappa shape index (κ1) is 17.4. The van der Waals surface area contributed by atoms with Crippen molar-refractivity contribution >= 4 is 9.84 Å². The van der Waals surface area contributed by atoms with Crippen molar-refractivity contribution in [2.24, 2.45) is 0 Å². The van der Waals surface area contributed by atoms with Crippen LogP contribution in [0.2, 0.25) is 0 Å². The maximum atomic E-state index is 10.9. The molecule has 0 radical (unpaired) electrons. The van der Waals surface area contributed by atoms with Gasteiger partial charge in [-0.2, -0.15) is 5.26 Å². The monoisotopic (exact) mass is 312 g/mol. The summed E-state index contributed by atoms with van der Waals surface area (Å²) in [6, 6.07) is 8.72. The molecule has 0 amide bonds. The number of aliphatic hydroxyl groups excluding tert-OH is 1. The Balaban J connectivity index is 2.19. The molecule has 1 aromatic rings. The molecule has 1 rings (SSSR count). The molecule has 0 saturated carbocycles. The third kappa shape index (κ3) is 8.30. The van der Waals surface area contributed by atoms with Crippen LogP contribution >= 0.6 is 0 Å². The summed E-state index contributed by atoms with van der Waals surface area (Å²) < 4.78 is 27.2. The number of aliphatic hydroxyl groups is 1. The van der Waals surface area contributed by atoms with Gasteiger partial charge in [0.15, 0.2) is 0 Å². The van der Waals surface area contributed by atoms with E-state index in [1.807, 2.05) is 6.07 Å². The van der Waals surface area contributed by atoms with Gasteiger partial charge in [-0.1, -0.05) is 6.07 Å². The van der Waals surface area contributed by atoms with Gasteiger partial charge in [0.1, 0.15) is 28.3 Å². The molecular weight excluding hydrogens is 292 g/mol. The number of nitriles is 1. The standard InChI is InChI=1S/C14H20N2O4S/c1-21(18,19)7-3-6-16-10-13(17)11-20-14-5-2-4-12(8-14)9-15/h2,4-5,8,13,16-17H,3,6-7,10-11H2,1H3. The first-order valence-electron chi connectivity index (χ1n) is 6.60. The van der Waals surface area contributed by atoms with E-state index in [4.69, 9.17) is 10.00 Å². The average Bonchev–Trinajstić information content (AvgIpc) is 2.44. The number of hydrogen-bond donors (Lipinski definition) is 2. The van der Waals surface area contributed by atoms with Crippen molar-refractivity contribution < 1.29 is 18.3 Å². The van der Waals surface area contributed by atoms with Gasteiger partial charge in [-0.3, -0.25) is 0 Å². The summed E-state index contributed by atoms with van der Waals surface area (Å²) in [7, 11) is -2.93. The fourth-order valence-corrected chi connectivity index (χ4v) is 2.30. The molecule has 2 N–H and O–H groups in total. The molecule has 6 nitrogen and oxygen atoms in total. The highest BCUT2D eigenvalue weighted by Crippen LogP contribution is 2.12. The van der Waals surface area contributed by atoms with E-state index in [9.17, 15) is 13.5 Å². The Morgan fingerprint density at radius 2 is 2.24 bits per heavy atom. The second-order valence-corrected chi connectivity index (χ2v) is 7.05. The van der Waals surface area contributed by atoms with Crippen molar-refractivity contribution in [1.82, 2.24) is 5.32 Å². The van der Waals surface area contributed by atoms with E-state index in [-0.39, 0.29) is 12.4 Å². The lowest BCUT2D eigenvalue weighted by molar-refractivity contribution is 0.106. The van der Waals surface area contributed by atoms with Gasteiger partial charge in [0.05, 0.1) is 17.4 Å². The molecule has 116 valence electrons. The van der Waals surface area contributed by atoms with E-state index in [2.05, 4.69) is 5.32 Å². The lowest BCUT2D eigenvalue weighted by Gasteiger charge is -2.13. The molecule has 1 aromatic carbocycles. The lowest BCUT2D eigenvalue weighted by atomic mass is 10.2. The summed E-state index contributed by atoms with van der Waals surface area (Å²) in [6.45, 7) is 0.948. The highest BCUT2D eigenvalue weighted by molar-refractivity contribution is 7.90. The summed E-state index contributed by atoms with van der Waals surface area (Å²) in [5, 5.41) is 21.5. The van der Waals surface area contributed by atoms with Crippen LogP contribution in [-0.4, -0.2) is 51.3 Å². The average molecular weight is 312 g/mol. The van der Waals surface area contributed by atoms with Crippen LogP contribution in [0.5, 0.6) is 5.75 Å². The number of ether oxygens (including phenoxy) is 1. The fourth-order valence-electron chi connectivity index (χ4n) is 1.63. The van der Waals surface area contributed by atoms with Gasteiger partial charge in [0.2, 0.25) is 0 Å². The van der Waals surface area contributed by atoms with Crippen molar-refractivity contribution in [2.75, 3.05) is 31.7 Å². The molecule has 21 heavy (non-hydrogen) atoms. The first-order valence-corrected chi connectivity index (χ1v) is 8.66. The van der Waals surface area contributed by atoms with E-state index < -0.39 is 15.9 Å². The largest absolute Gasteiger partial charge is 0.491 e. The maximum absolute atomic E-state index is 10.9. The van der Waals surface area contributed by atoms with Crippen molar-refractivity contribution in [3.05, 3.63) is 29.8 Å². The quantitative estimate of drug-likeness (QED) is 0.637. The van der Waals surface area contributed by atoms with E-state index in [1.165, 1.54) is 6.26 Å². The third-order valence-electron chi connectivity index (χ3n) is 2.65. The summed E-state index contributed by atoms with van der Waals surface area (Å²) >= 11 is 0. The Morgan fingerprint density at radius 3 is 2.90 bits per heavy atom. The van der Waals surface area contributed by atoms with Gasteiger partial charge in [0, 0.05) is 12.8 Å². The Hall–Kier alpha value is -1.62. The topological polar surface area (TPSA) is 99.4 Å². The fraction of sp³-hybridized carbons (Fsp3) is 0.500. The molecule has 0 aliphatic heterocycles. The van der Waals surface area contributed by atoms with Crippen LogP contribution in [0.15, 0.2) is 24.3 Å². The number of hydrogen-bond acceptors (Lipinski definition) is 6. The van der Waals surface area contributed by atoms with Crippen molar-refractivity contribution in [3.63, 3.8) is 0 Å². The summed E-state index contributed by atoms with van der Waals surface area (Å²) in [5.41, 5.74) is 0.501. The Bertz CT molecular complexity index is 581. The van der Waals surface area contributed by atoms with Crippen LogP contribution in [-0.2, 0) is 9.84 Å². The Morgan fingerprint density at radius 1 is 1.48 bits per heavy atom. The lowest BCUT2D eigenvalue weighted by Crippen LogP contribution is -2.32. The molecule has 0 aliphatic rings. The van der Waals surface area contributed by atoms with Gasteiger partial charge in [0.25, 0.3) is 0 Å². The first-order chi connectivity index (χ1) is 9.90. The molecule has 1 atom stereocenters. The van der Waals surface area contributed by atoms with Crippen LogP contribution in [0.25, 0.3) is 0 Å². The zero-order valence-corrected chi connectivity index (χ0v) is 12.8. The van der Waals surface area contributed by atoms with Gasteiger partial charge >= 0.3 is 0 Å². The zero-order chi connectivity index (χ0) is 15.7. The van der Waals surface area contributed by atoms with Gasteiger partial charge in [-0.15, -0.1) is 0 Å². The van der Waals surface area contributed by atoms with Crippen molar-refractivity contribution in [1.29, 1.82) is 5.26 Å².